The first-order valence-electron chi connectivity index (χ1n) is 5.62. The largest absolute Gasteiger partial charge is 0.384 e. The molecule has 0 heterocycles. The summed E-state index contributed by atoms with van der Waals surface area (Å²) in [6.45, 7) is 3.19. The molecule has 1 fully saturated rings. The maximum absolute atomic E-state index is 11.7. The van der Waals surface area contributed by atoms with Crippen LogP contribution in [0.5, 0.6) is 0 Å². The average molecular weight is 214 g/mol. The summed E-state index contributed by atoms with van der Waals surface area (Å²) >= 11 is 0. The summed E-state index contributed by atoms with van der Waals surface area (Å²) in [7, 11) is 1.65. The number of rotatable bonds is 6. The summed E-state index contributed by atoms with van der Waals surface area (Å²) in [6, 6.07) is 0. The zero-order valence-electron chi connectivity index (χ0n) is 9.71. The molecule has 0 aromatic carbocycles. The Morgan fingerprint density at radius 2 is 2.27 bits per heavy atom. The Bertz CT molecular complexity index is 209. The zero-order valence-corrected chi connectivity index (χ0v) is 9.71. The van der Waals surface area contributed by atoms with Crippen LogP contribution in [0, 0.1) is 5.92 Å². The highest BCUT2D eigenvalue weighted by molar-refractivity contribution is 5.77. The summed E-state index contributed by atoms with van der Waals surface area (Å²) in [6.07, 6.45) is 3.74. The molecule has 0 aromatic heterocycles. The van der Waals surface area contributed by atoms with Crippen molar-refractivity contribution in [3.05, 3.63) is 0 Å². The Balaban J connectivity index is 2.28. The van der Waals surface area contributed by atoms with E-state index in [0.29, 0.717) is 19.6 Å². The minimum Gasteiger partial charge on any atom is -0.384 e. The summed E-state index contributed by atoms with van der Waals surface area (Å²) in [5, 5.41) is 3.05. The fraction of sp³-hybridized carbons (Fsp3) is 0.909. The van der Waals surface area contributed by atoms with Crippen LogP contribution in [-0.2, 0) is 9.53 Å². The van der Waals surface area contributed by atoms with Crippen molar-refractivity contribution in [3.63, 3.8) is 0 Å². The molecular weight excluding hydrogens is 192 g/mol. The molecule has 1 rings (SSSR count). The number of methoxy groups -OCH3 is 1. The van der Waals surface area contributed by atoms with Gasteiger partial charge in [0.25, 0.3) is 0 Å². The van der Waals surface area contributed by atoms with Gasteiger partial charge in [0, 0.05) is 26.7 Å². The van der Waals surface area contributed by atoms with Gasteiger partial charge in [0.1, 0.15) is 0 Å². The van der Waals surface area contributed by atoms with Gasteiger partial charge in [-0.2, -0.15) is 0 Å². The summed E-state index contributed by atoms with van der Waals surface area (Å²) < 4.78 is 5.00. The van der Waals surface area contributed by atoms with Gasteiger partial charge in [0.15, 0.2) is 0 Å². The summed E-state index contributed by atoms with van der Waals surface area (Å²) in [5.41, 5.74) is 5.57. The van der Waals surface area contributed by atoms with Crippen LogP contribution in [0.3, 0.4) is 0 Å². The molecule has 1 amide bonds. The van der Waals surface area contributed by atoms with Gasteiger partial charge >= 0.3 is 0 Å². The molecule has 0 aliphatic heterocycles. The quantitative estimate of drug-likeness (QED) is 0.682. The van der Waals surface area contributed by atoms with E-state index in [9.17, 15) is 4.79 Å². The maximum Gasteiger partial charge on any atom is 0.220 e. The van der Waals surface area contributed by atoms with E-state index in [0.717, 1.165) is 12.8 Å². The van der Waals surface area contributed by atoms with E-state index < -0.39 is 0 Å². The highest BCUT2D eigenvalue weighted by Crippen LogP contribution is 2.30. The third-order valence-corrected chi connectivity index (χ3v) is 3.09. The topological polar surface area (TPSA) is 64.3 Å². The van der Waals surface area contributed by atoms with E-state index in [1.165, 1.54) is 6.42 Å². The van der Waals surface area contributed by atoms with Crippen LogP contribution in [0.15, 0.2) is 0 Å². The second-order valence-corrected chi connectivity index (χ2v) is 4.65. The third kappa shape index (κ3) is 3.47. The number of ether oxygens (including phenoxy) is 1. The lowest BCUT2D eigenvalue weighted by molar-refractivity contribution is -0.125. The Morgan fingerprint density at radius 1 is 1.60 bits per heavy atom. The van der Waals surface area contributed by atoms with Crippen molar-refractivity contribution in [3.8, 4) is 0 Å². The number of nitrogens with one attached hydrogen (secondary N) is 1. The molecule has 1 aliphatic rings. The number of hydrogen-bond acceptors (Lipinski definition) is 3. The van der Waals surface area contributed by atoms with Crippen LogP contribution in [0.25, 0.3) is 0 Å². The van der Waals surface area contributed by atoms with E-state index in [2.05, 4.69) is 5.32 Å². The predicted octanol–water partition coefficient (Wildman–Crippen LogP) is 0.657. The van der Waals surface area contributed by atoms with Gasteiger partial charge in [-0.25, -0.2) is 0 Å². The summed E-state index contributed by atoms with van der Waals surface area (Å²) in [5.74, 6) is 0.370. The molecule has 4 nitrogen and oxygen atoms in total. The third-order valence-electron chi connectivity index (χ3n) is 3.09. The van der Waals surface area contributed by atoms with Crippen molar-refractivity contribution in [2.24, 2.45) is 11.7 Å². The van der Waals surface area contributed by atoms with E-state index >= 15 is 0 Å². The highest BCUT2D eigenvalue weighted by atomic mass is 16.5. The SMILES string of the molecule is COCC(C)CC(=O)NC1(CN)CCC1. The molecular formula is C11H22N2O2. The molecule has 0 radical (unpaired) electrons. The molecule has 1 unspecified atom stereocenters. The van der Waals surface area contributed by atoms with Crippen molar-refractivity contribution in [2.75, 3.05) is 20.3 Å². The zero-order chi connectivity index (χ0) is 11.3. The van der Waals surface area contributed by atoms with Crippen LogP contribution in [0.1, 0.15) is 32.6 Å². The van der Waals surface area contributed by atoms with Crippen molar-refractivity contribution in [2.45, 2.75) is 38.1 Å². The van der Waals surface area contributed by atoms with Gasteiger partial charge in [0.05, 0.1) is 5.54 Å². The van der Waals surface area contributed by atoms with Crippen molar-refractivity contribution in [1.82, 2.24) is 5.32 Å². The van der Waals surface area contributed by atoms with Gasteiger partial charge in [-0.05, 0) is 25.2 Å². The number of carbonyl (C=O) groups excluding carboxylic acids is 1. The van der Waals surface area contributed by atoms with Gasteiger partial charge in [-0.3, -0.25) is 4.79 Å². The average Bonchev–Trinajstić information content (AvgIpc) is 2.11. The van der Waals surface area contributed by atoms with Gasteiger partial charge in [0.2, 0.25) is 5.91 Å². The second-order valence-electron chi connectivity index (χ2n) is 4.65. The fourth-order valence-corrected chi connectivity index (χ4v) is 1.99. The molecule has 0 spiro atoms. The first-order valence-corrected chi connectivity index (χ1v) is 5.62. The lowest BCUT2D eigenvalue weighted by Crippen LogP contribution is -2.58. The number of amides is 1. The van der Waals surface area contributed by atoms with Crippen LogP contribution in [-0.4, -0.2) is 31.7 Å². The molecule has 0 bridgehead atoms. The molecule has 0 saturated heterocycles. The lowest BCUT2D eigenvalue weighted by atomic mass is 9.76. The Morgan fingerprint density at radius 3 is 2.67 bits per heavy atom. The van der Waals surface area contributed by atoms with E-state index in [1.54, 1.807) is 7.11 Å². The van der Waals surface area contributed by atoms with Crippen molar-refractivity contribution >= 4 is 5.91 Å². The van der Waals surface area contributed by atoms with E-state index in [4.69, 9.17) is 10.5 Å². The highest BCUT2D eigenvalue weighted by Gasteiger charge is 2.36. The Hall–Kier alpha value is -0.610. The minimum absolute atomic E-state index is 0.0934. The van der Waals surface area contributed by atoms with Crippen molar-refractivity contribution in [1.29, 1.82) is 0 Å². The lowest BCUT2D eigenvalue weighted by Gasteiger charge is -2.41. The molecule has 15 heavy (non-hydrogen) atoms. The van der Waals surface area contributed by atoms with E-state index in [-0.39, 0.29) is 17.4 Å². The maximum atomic E-state index is 11.7. The van der Waals surface area contributed by atoms with Crippen LogP contribution in [0.4, 0.5) is 0 Å². The molecule has 1 atom stereocenters. The molecule has 0 aromatic rings. The molecule has 1 saturated carbocycles. The second kappa shape index (κ2) is 5.47. The summed E-state index contributed by atoms with van der Waals surface area (Å²) in [4.78, 5) is 11.7. The number of nitrogens with two attached hydrogens (primary N) is 1. The predicted molar refractivity (Wildman–Crippen MR) is 59.4 cm³/mol. The first kappa shape index (κ1) is 12.5. The van der Waals surface area contributed by atoms with E-state index in [1.807, 2.05) is 6.92 Å². The number of hydrogen-bond donors (Lipinski definition) is 2. The van der Waals surface area contributed by atoms with Crippen molar-refractivity contribution < 1.29 is 9.53 Å². The standard InChI is InChI=1S/C11H22N2O2/c1-9(7-15-2)6-10(14)13-11(8-12)4-3-5-11/h9H,3-8,12H2,1-2H3,(H,13,14). The molecule has 3 N–H and O–H groups in total. The first-order chi connectivity index (χ1) is 7.12. The normalized spacial score (nSPS) is 20.5. The van der Waals surface area contributed by atoms with Crippen LogP contribution >= 0.6 is 0 Å². The monoisotopic (exact) mass is 214 g/mol. The molecule has 88 valence electrons. The number of carbonyl (C=O) groups is 1. The minimum atomic E-state index is -0.0934. The van der Waals surface area contributed by atoms with Gasteiger partial charge < -0.3 is 15.8 Å². The van der Waals surface area contributed by atoms with Crippen LogP contribution in [0.2, 0.25) is 0 Å². The molecule has 1 aliphatic carbocycles. The Labute approximate surface area is 91.5 Å². The van der Waals surface area contributed by atoms with Gasteiger partial charge in [-0.1, -0.05) is 6.92 Å². The van der Waals surface area contributed by atoms with Crippen LogP contribution < -0.4 is 11.1 Å². The fourth-order valence-electron chi connectivity index (χ4n) is 1.99. The van der Waals surface area contributed by atoms with Gasteiger partial charge in [-0.15, -0.1) is 0 Å². The molecule has 4 heteroatoms. The Kier molecular flexibility index (Phi) is 4.54. The smallest absolute Gasteiger partial charge is 0.220 e.